The largest absolute Gasteiger partial charge is 0.356 e. The molecule has 0 bridgehead atoms. The maximum Gasteiger partial charge on any atom is 0.190 e. The summed E-state index contributed by atoms with van der Waals surface area (Å²) >= 11 is 6.19. The average molecular weight is 382 g/mol. The van der Waals surface area contributed by atoms with Gasteiger partial charge in [-0.1, -0.05) is 48.0 Å². The lowest BCUT2D eigenvalue weighted by Gasteiger charge is -2.12. The second-order valence-electron chi connectivity index (χ2n) is 6.15. The fraction of sp³-hybridized carbons (Fsp3) is 0.238. The van der Waals surface area contributed by atoms with E-state index in [4.69, 9.17) is 11.6 Å². The van der Waals surface area contributed by atoms with Gasteiger partial charge in [-0.3, -0.25) is 4.99 Å². The minimum atomic E-state index is 0.773. The van der Waals surface area contributed by atoms with Gasteiger partial charge in [0, 0.05) is 31.4 Å². The Morgan fingerprint density at radius 1 is 1.00 bits per heavy atom. The topological polar surface area (TPSA) is 54.2 Å². The number of nitrogens with zero attached hydrogens (tertiary/aromatic N) is 3. The molecule has 0 aliphatic rings. The van der Waals surface area contributed by atoms with Gasteiger partial charge in [0.1, 0.15) is 0 Å². The molecule has 0 saturated heterocycles. The number of benzene rings is 2. The van der Waals surface area contributed by atoms with Gasteiger partial charge in [-0.05, 0) is 42.2 Å². The first kappa shape index (κ1) is 19.0. The van der Waals surface area contributed by atoms with Crippen molar-refractivity contribution < 1.29 is 0 Å². The predicted octanol–water partition coefficient (Wildman–Crippen LogP) is 3.48. The van der Waals surface area contributed by atoms with Crippen LogP contribution >= 0.6 is 11.6 Å². The normalized spacial score (nSPS) is 11.4. The first-order chi connectivity index (χ1) is 13.3. The molecular weight excluding hydrogens is 358 g/mol. The second kappa shape index (κ2) is 9.78. The van der Waals surface area contributed by atoms with Gasteiger partial charge in [0.05, 0.1) is 11.9 Å². The number of hydrogen-bond donors (Lipinski definition) is 2. The van der Waals surface area contributed by atoms with Gasteiger partial charge in [-0.15, -0.1) is 0 Å². The summed E-state index contributed by atoms with van der Waals surface area (Å²) in [5, 5.41) is 11.9. The summed E-state index contributed by atoms with van der Waals surface area (Å²) < 4.78 is 1.89. The molecule has 0 atom stereocenters. The van der Waals surface area contributed by atoms with Crippen LogP contribution in [0.2, 0.25) is 5.02 Å². The predicted molar refractivity (Wildman–Crippen MR) is 112 cm³/mol. The SMILES string of the molecule is CN=C(NCCc1cnn(-c2ccccc2)c1)NCCc1ccccc1Cl. The third kappa shape index (κ3) is 5.59. The number of hydrogen-bond acceptors (Lipinski definition) is 2. The summed E-state index contributed by atoms with van der Waals surface area (Å²) in [6.07, 6.45) is 5.69. The van der Waals surface area contributed by atoms with Crippen LogP contribution in [0.25, 0.3) is 5.69 Å². The number of para-hydroxylation sites is 1. The first-order valence-corrected chi connectivity index (χ1v) is 9.41. The van der Waals surface area contributed by atoms with E-state index >= 15 is 0 Å². The lowest BCUT2D eigenvalue weighted by atomic mass is 10.1. The van der Waals surface area contributed by atoms with Gasteiger partial charge in [-0.2, -0.15) is 5.10 Å². The van der Waals surface area contributed by atoms with Crippen LogP contribution in [-0.2, 0) is 12.8 Å². The first-order valence-electron chi connectivity index (χ1n) is 9.03. The van der Waals surface area contributed by atoms with Crippen molar-refractivity contribution in [2.75, 3.05) is 20.1 Å². The molecule has 0 radical (unpaired) electrons. The van der Waals surface area contributed by atoms with Crippen molar-refractivity contribution in [2.45, 2.75) is 12.8 Å². The van der Waals surface area contributed by atoms with Crippen molar-refractivity contribution in [1.82, 2.24) is 20.4 Å². The van der Waals surface area contributed by atoms with Crippen LogP contribution in [0, 0.1) is 0 Å². The molecule has 0 amide bonds. The van der Waals surface area contributed by atoms with E-state index in [0.29, 0.717) is 0 Å². The van der Waals surface area contributed by atoms with E-state index in [2.05, 4.69) is 26.9 Å². The highest BCUT2D eigenvalue weighted by molar-refractivity contribution is 6.31. The Bertz CT molecular complexity index is 873. The fourth-order valence-electron chi connectivity index (χ4n) is 2.77. The zero-order valence-electron chi connectivity index (χ0n) is 15.4. The van der Waals surface area contributed by atoms with Gasteiger partial charge < -0.3 is 10.6 Å². The number of aromatic nitrogens is 2. The highest BCUT2D eigenvalue weighted by Gasteiger charge is 2.03. The molecule has 0 spiro atoms. The van der Waals surface area contributed by atoms with Crippen LogP contribution in [0.5, 0.6) is 0 Å². The average Bonchev–Trinajstić information content (AvgIpc) is 3.18. The molecule has 6 heteroatoms. The van der Waals surface area contributed by atoms with Crippen molar-refractivity contribution in [3.05, 3.63) is 83.1 Å². The quantitative estimate of drug-likeness (QED) is 0.486. The van der Waals surface area contributed by atoms with Crippen molar-refractivity contribution in [1.29, 1.82) is 0 Å². The molecule has 0 saturated carbocycles. The molecule has 3 aromatic rings. The smallest absolute Gasteiger partial charge is 0.190 e. The highest BCUT2D eigenvalue weighted by atomic mass is 35.5. The van der Waals surface area contributed by atoms with Crippen LogP contribution in [0.4, 0.5) is 0 Å². The van der Waals surface area contributed by atoms with Crippen LogP contribution in [0.15, 0.2) is 72.0 Å². The zero-order valence-corrected chi connectivity index (χ0v) is 16.2. The Morgan fingerprint density at radius 3 is 2.44 bits per heavy atom. The molecule has 5 nitrogen and oxygen atoms in total. The lowest BCUT2D eigenvalue weighted by molar-refractivity contribution is 0.784. The highest BCUT2D eigenvalue weighted by Crippen LogP contribution is 2.14. The number of guanidine groups is 1. The number of rotatable bonds is 7. The van der Waals surface area contributed by atoms with Crippen molar-refractivity contribution in [3.8, 4) is 5.69 Å². The van der Waals surface area contributed by atoms with E-state index < -0.39 is 0 Å². The van der Waals surface area contributed by atoms with Gasteiger partial charge in [-0.25, -0.2) is 4.68 Å². The Hall–Kier alpha value is -2.79. The van der Waals surface area contributed by atoms with E-state index in [-0.39, 0.29) is 0 Å². The van der Waals surface area contributed by atoms with Crippen molar-refractivity contribution in [2.24, 2.45) is 4.99 Å². The fourth-order valence-corrected chi connectivity index (χ4v) is 3.00. The maximum atomic E-state index is 6.19. The number of halogens is 1. The van der Waals surface area contributed by atoms with Gasteiger partial charge in [0.25, 0.3) is 0 Å². The summed E-state index contributed by atoms with van der Waals surface area (Å²) in [7, 11) is 1.78. The lowest BCUT2D eigenvalue weighted by Crippen LogP contribution is -2.39. The molecule has 1 aromatic heterocycles. The molecule has 140 valence electrons. The summed E-state index contributed by atoms with van der Waals surface area (Å²) in [5.41, 5.74) is 3.38. The van der Waals surface area contributed by atoms with E-state index in [1.165, 1.54) is 5.56 Å². The molecule has 0 unspecified atom stereocenters. The van der Waals surface area contributed by atoms with Crippen LogP contribution in [0.1, 0.15) is 11.1 Å². The molecule has 2 aromatic carbocycles. The molecule has 0 aliphatic carbocycles. The molecule has 27 heavy (non-hydrogen) atoms. The monoisotopic (exact) mass is 381 g/mol. The Morgan fingerprint density at radius 2 is 1.70 bits per heavy atom. The standard InChI is InChI=1S/C21H24ClN5/c1-23-21(25-14-12-18-7-5-6-10-20(18)22)24-13-11-17-15-26-27(16-17)19-8-3-2-4-9-19/h2-10,15-16H,11-14H2,1H3,(H2,23,24,25). The number of aliphatic imine (C=N–C) groups is 1. The zero-order chi connectivity index (χ0) is 18.9. The van der Waals surface area contributed by atoms with Gasteiger partial charge in [0.15, 0.2) is 5.96 Å². The Balaban J connectivity index is 1.42. The minimum absolute atomic E-state index is 0.773. The molecule has 0 fully saturated rings. The van der Waals surface area contributed by atoms with Crippen LogP contribution < -0.4 is 10.6 Å². The van der Waals surface area contributed by atoms with Gasteiger partial charge in [0.2, 0.25) is 0 Å². The summed E-state index contributed by atoms with van der Waals surface area (Å²) in [5.74, 6) is 0.789. The molecule has 3 rings (SSSR count). The van der Waals surface area contributed by atoms with E-state index in [1.54, 1.807) is 7.05 Å². The Kier molecular flexibility index (Phi) is 6.88. The van der Waals surface area contributed by atoms with E-state index in [9.17, 15) is 0 Å². The molecule has 0 aliphatic heterocycles. The number of nitrogens with one attached hydrogen (secondary N) is 2. The second-order valence-corrected chi connectivity index (χ2v) is 6.55. The van der Waals surface area contributed by atoms with Gasteiger partial charge >= 0.3 is 0 Å². The van der Waals surface area contributed by atoms with Crippen molar-refractivity contribution >= 4 is 17.6 Å². The molecule has 2 N–H and O–H groups in total. The summed E-state index contributed by atoms with van der Waals surface area (Å²) in [4.78, 5) is 4.27. The van der Waals surface area contributed by atoms with Crippen LogP contribution in [-0.4, -0.2) is 35.9 Å². The Labute approximate surface area is 165 Å². The van der Waals surface area contributed by atoms with Crippen molar-refractivity contribution in [3.63, 3.8) is 0 Å². The minimum Gasteiger partial charge on any atom is -0.356 e. The molecular formula is C21H24ClN5. The third-order valence-electron chi connectivity index (χ3n) is 4.23. The van der Waals surface area contributed by atoms with E-state index in [1.807, 2.05) is 65.5 Å². The summed E-state index contributed by atoms with van der Waals surface area (Å²) in [6.45, 7) is 1.56. The summed E-state index contributed by atoms with van der Waals surface area (Å²) in [6, 6.07) is 18.0. The van der Waals surface area contributed by atoms with Crippen LogP contribution in [0.3, 0.4) is 0 Å². The maximum absolute atomic E-state index is 6.19. The third-order valence-corrected chi connectivity index (χ3v) is 4.60. The van der Waals surface area contributed by atoms with E-state index in [0.717, 1.165) is 48.2 Å². The molecule has 1 heterocycles.